The minimum absolute atomic E-state index is 0.0859. The van der Waals surface area contributed by atoms with Crippen LogP contribution < -0.4 is 0 Å². The summed E-state index contributed by atoms with van der Waals surface area (Å²) < 4.78 is 27.4. The fourth-order valence-electron chi connectivity index (χ4n) is 2.09. The summed E-state index contributed by atoms with van der Waals surface area (Å²) in [6, 6.07) is 6.77. The van der Waals surface area contributed by atoms with Crippen molar-refractivity contribution in [1.82, 2.24) is 19.4 Å². The van der Waals surface area contributed by atoms with Gasteiger partial charge in [-0.3, -0.25) is 14.3 Å². The molecule has 114 valence electrons. The molecule has 0 aliphatic rings. The largest absolute Gasteiger partial charge is 0.348 e. The number of hydrogen-bond acceptors (Lipinski definition) is 3. The van der Waals surface area contributed by atoms with E-state index in [-0.39, 0.29) is 24.8 Å². The van der Waals surface area contributed by atoms with E-state index in [4.69, 9.17) is 0 Å². The van der Waals surface area contributed by atoms with Crippen LogP contribution in [0.4, 0.5) is 8.78 Å². The van der Waals surface area contributed by atoms with E-state index in [9.17, 15) is 13.6 Å². The number of para-hydroxylation sites is 2. The summed E-state index contributed by atoms with van der Waals surface area (Å²) in [5.74, 6) is 0.164. The molecule has 1 aromatic carbocycles. The van der Waals surface area contributed by atoms with Crippen LogP contribution in [0.25, 0.3) is 11.0 Å². The monoisotopic (exact) mass is 296 g/mol. The van der Waals surface area contributed by atoms with Gasteiger partial charge < -0.3 is 4.90 Å². The number of halogens is 2. The van der Waals surface area contributed by atoms with Gasteiger partial charge in [0, 0.05) is 14.1 Å². The molecule has 0 N–H and O–H groups in total. The van der Waals surface area contributed by atoms with Crippen molar-refractivity contribution >= 4 is 16.9 Å². The summed E-state index contributed by atoms with van der Waals surface area (Å²) >= 11 is 0. The fourth-order valence-corrected chi connectivity index (χ4v) is 2.09. The molecular weight excluding hydrogens is 278 g/mol. The van der Waals surface area contributed by atoms with Gasteiger partial charge in [-0.05, 0) is 19.2 Å². The van der Waals surface area contributed by atoms with Crippen molar-refractivity contribution < 1.29 is 13.6 Å². The van der Waals surface area contributed by atoms with Gasteiger partial charge in [-0.25, -0.2) is 4.98 Å². The van der Waals surface area contributed by atoms with Crippen molar-refractivity contribution in [3.05, 3.63) is 30.1 Å². The topological polar surface area (TPSA) is 41.4 Å². The normalized spacial score (nSPS) is 11.6. The molecule has 0 aliphatic heterocycles. The zero-order valence-corrected chi connectivity index (χ0v) is 12.3. The van der Waals surface area contributed by atoms with Crippen molar-refractivity contribution in [2.24, 2.45) is 0 Å². The van der Waals surface area contributed by atoms with Gasteiger partial charge >= 0.3 is 6.55 Å². The molecule has 0 atom stereocenters. The first kappa shape index (κ1) is 15.4. The van der Waals surface area contributed by atoms with E-state index in [1.54, 1.807) is 50.3 Å². The van der Waals surface area contributed by atoms with Crippen LogP contribution in [-0.4, -0.2) is 52.9 Å². The molecule has 0 fully saturated rings. The molecule has 0 saturated carbocycles. The van der Waals surface area contributed by atoms with Gasteiger partial charge in [-0.2, -0.15) is 8.78 Å². The Morgan fingerprint density at radius 1 is 1.29 bits per heavy atom. The lowest BCUT2D eigenvalue weighted by atomic mass is 10.3. The summed E-state index contributed by atoms with van der Waals surface area (Å²) in [6.07, 6.45) is 0. The van der Waals surface area contributed by atoms with Gasteiger partial charge in [0.15, 0.2) is 0 Å². The Labute approximate surface area is 121 Å². The van der Waals surface area contributed by atoms with Crippen LogP contribution in [0.2, 0.25) is 0 Å². The van der Waals surface area contributed by atoms with E-state index < -0.39 is 6.55 Å². The number of nitrogens with zero attached hydrogens (tertiary/aromatic N) is 4. The Morgan fingerprint density at radius 2 is 1.95 bits per heavy atom. The van der Waals surface area contributed by atoms with E-state index in [2.05, 4.69) is 4.98 Å². The maximum absolute atomic E-state index is 13.3. The van der Waals surface area contributed by atoms with Gasteiger partial charge in [0.05, 0.1) is 24.1 Å². The maximum Gasteiger partial charge on any atom is 0.320 e. The Balaban J connectivity index is 2.25. The highest BCUT2D eigenvalue weighted by Crippen LogP contribution is 2.23. The summed E-state index contributed by atoms with van der Waals surface area (Å²) in [4.78, 5) is 19.0. The van der Waals surface area contributed by atoms with Crippen LogP contribution in [0.15, 0.2) is 24.3 Å². The second-order valence-corrected chi connectivity index (χ2v) is 5.12. The van der Waals surface area contributed by atoms with E-state index in [0.717, 1.165) is 4.57 Å². The third kappa shape index (κ3) is 3.36. The third-order valence-corrected chi connectivity index (χ3v) is 3.18. The minimum atomic E-state index is -2.66. The molecular formula is C14H18F2N4O. The molecule has 0 radical (unpaired) electrons. The number of benzene rings is 1. The lowest BCUT2D eigenvalue weighted by molar-refractivity contribution is -0.129. The summed E-state index contributed by atoms with van der Waals surface area (Å²) in [5, 5.41) is 0. The smallest absolute Gasteiger partial charge is 0.320 e. The SMILES string of the molecule is CN(CC(=O)N(C)C)Cc1nc2ccccc2n1C(F)F. The highest BCUT2D eigenvalue weighted by atomic mass is 19.3. The lowest BCUT2D eigenvalue weighted by Gasteiger charge is -2.19. The Hall–Kier alpha value is -2.02. The summed E-state index contributed by atoms with van der Waals surface area (Å²) in [7, 11) is 5.02. The van der Waals surface area contributed by atoms with Crippen LogP contribution in [0.5, 0.6) is 0 Å². The number of carbonyl (C=O) groups excluding carboxylic acids is 1. The van der Waals surface area contributed by atoms with Crippen molar-refractivity contribution in [1.29, 1.82) is 0 Å². The van der Waals surface area contributed by atoms with E-state index in [1.165, 1.54) is 4.90 Å². The number of aromatic nitrogens is 2. The number of imidazole rings is 1. The van der Waals surface area contributed by atoms with E-state index >= 15 is 0 Å². The van der Waals surface area contributed by atoms with Gasteiger partial charge in [-0.1, -0.05) is 12.1 Å². The van der Waals surface area contributed by atoms with E-state index in [0.29, 0.717) is 11.0 Å². The second kappa shape index (κ2) is 6.17. The molecule has 0 spiro atoms. The first-order valence-electron chi connectivity index (χ1n) is 6.53. The molecule has 5 nitrogen and oxygen atoms in total. The van der Waals surface area contributed by atoms with Crippen LogP contribution in [0.1, 0.15) is 12.4 Å². The molecule has 1 amide bonds. The third-order valence-electron chi connectivity index (χ3n) is 3.18. The number of fused-ring (bicyclic) bond motifs is 1. The number of hydrogen-bond donors (Lipinski definition) is 0. The number of alkyl halides is 2. The van der Waals surface area contributed by atoms with Crippen LogP contribution in [0.3, 0.4) is 0 Å². The number of carbonyl (C=O) groups is 1. The summed E-state index contributed by atoms with van der Waals surface area (Å²) in [6.45, 7) is -2.33. The average Bonchev–Trinajstić information content (AvgIpc) is 2.75. The van der Waals surface area contributed by atoms with Gasteiger partial charge in [0.1, 0.15) is 5.82 Å². The van der Waals surface area contributed by atoms with E-state index in [1.807, 2.05) is 0 Å². The van der Waals surface area contributed by atoms with Gasteiger partial charge in [0.2, 0.25) is 5.91 Å². The molecule has 7 heteroatoms. The molecule has 1 heterocycles. The van der Waals surface area contributed by atoms with Crippen molar-refractivity contribution in [2.45, 2.75) is 13.1 Å². The van der Waals surface area contributed by atoms with Gasteiger partial charge in [0.25, 0.3) is 0 Å². The highest BCUT2D eigenvalue weighted by molar-refractivity contribution is 5.78. The molecule has 2 rings (SSSR count). The predicted molar refractivity (Wildman–Crippen MR) is 76.0 cm³/mol. The zero-order valence-electron chi connectivity index (χ0n) is 12.3. The molecule has 2 aromatic rings. The molecule has 21 heavy (non-hydrogen) atoms. The van der Waals surface area contributed by atoms with Crippen molar-refractivity contribution in [2.75, 3.05) is 27.7 Å². The number of rotatable bonds is 5. The highest BCUT2D eigenvalue weighted by Gasteiger charge is 2.19. The van der Waals surface area contributed by atoms with Crippen LogP contribution >= 0.6 is 0 Å². The van der Waals surface area contributed by atoms with Crippen molar-refractivity contribution in [3.63, 3.8) is 0 Å². The average molecular weight is 296 g/mol. The first-order valence-corrected chi connectivity index (χ1v) is 6.53. The first-order chi connectivity index (χ1) is 9.90. The molecule has 0 aliphatic carbocycles. The van der Waals surface area contributed by atoms with Gasteiger partial charge in [-0.15, -0.1) is 0 Å². The fraction of sp³-hybridized carbons (Fsp3) is 0.429. The predicted octanol–water partition coefficient (Wildman–Crippen LogP) is 1.95. The molecule has 0 bridgehead atoms. The maximum atomic E-state index is 13.3. The number of amides is 1. The van der Waals surface area contributed by atoms with Crippen LogP contribution in [-0.2, 0) is 11.3 Å². The quantitative estimate of drug-likeness (QED) is 0.847. The lowest BCUT2D eigenvalue weighted by Crippen LogP contribution is -2.34. The standard InChI is InChI=1S/C14H18F2N4O/c1-18(2)13(21)9-19(3)8-12-17-10-6-4-5-7-11(10)20(12)14(15)16/h4-7,14H,8-9H2,1-3H3. The number of likely N-dealkylation sites (N-methyl/N-ethyl adjacent to an activating group) is 2. The Morgan fingerprint density at radius 3 is 2.57 bits per heavy atom. The zero-order chi connectivity index (χ0) is 15.6. The molecule has 0 saturated heterocycles. The molecule has 0 unspecified atom stereocenters. The molecule has 1 aromatic heterocycles. The Bertz CT molecular complexity index is 639. The summed E-state index contributed by atoms with van der Waals surface area (Å²) in [5.41, 5.74) is 0.926. The second-order valence-electron chi connectivity index (χ2n) is 5.12. The Kier molecular flexibility index (Phi) is 4.52. The van der Waals surface area contributed by atoms with Crippen molar-refractivity contribution in [3.8, 4) is 0 Å². The minimum Gasteiger partial charge on any atom is -0.348 e. The van der Waals surface area contributed by atoms with Crippen LogP contribution in [0, 0.1) is 0 Å².